The van der Waals surface area contributed by atoms with E-state index in [2.05, 4.69) is 4.98 Å². The highest BCUT2D eigenvalue weighted by molar-refractivity contribution is 5.25. The number of aromatic amines is 1. The number of H-pyrrole nitrogens is 1. The van der Waals surface area contributed by atoms with Crippen molar-refractivity contribution in [2.24, 2.45) is 0 Å². The van der Waals surface area contributed by atoms with Crippen LogP contribution < -0.4 is 5.56 Å². The van der Waals surface area contributed by atoms with Crippen LogP contribution in [0.25, 0.3) is 0 Å². The second-order valence-electron chi connectivity index (χ2n) is 1.84. The van der Waals surface area contributed by atoms with Crippen LogP contribution >= 0.6 is 0 Å². The van der Waals surface area contributed by atoms with Crippen molar-refractivity contribution in [3.05, 3.63) is 28.2 Å². The van der Waals surface area contributed by atoms with E-state index in [1.54, 1.807) is 13.0 Å². The summed E-state index contributed by atoms with van der Waals surface area (Å²) in [6.45, 7) is 1.67. The Morgan fingerprint density at radius 3 is 2.78 bits per heavy atom. The Labute approximate surface area is 52.0 Å². The van der Waals surface area contributed by atoms with Gasteiger partial charge in [-0.2, -0.15) is 0 Å². The smallest absolute Gasteiger partial charge is 0.290 e. The molecule has 1 rings (SSSR count). The average molecular weight is 125 g/mol. The van der Waals surface area contributed by atoms with Crippen LogP contribution in [0.4, 0.5) is 0 Å². The molecule has 9 heavy (non-hydrogen) atoms. The van der Waals surface area contributed by atoms with Gasteiger partial charge in [0.15, 0.2) is 5.75 Å². The molecule has 0 amide bonds. The summed E-state index contributed by atoms with van der Waals surface area (Å²) in [5, 5.41) is 8.86. The first-order chi connectivity index (χ1) is 4.22. The fraction of sp³-hybridized carbons (Fsp3) is 0.167. The highest BCUT2D eigenvalue weighted by Gasteiger charge is 1.96. The summed E-state index contributed by atoms with van der Waals surface area (Å²) in [7, 11) is 0. The molecule has 0 spiro atoms. The van der Waals surface area contributed by atoms with Gasteiger partial charge in [-0.1, -0.05) is 0 Å². The molecule has 0 saturated carbocycles. The third-order valence-electron chi connectivity index (χ3n) is 1.14. The molecule has 3 heteroatoms. The number of hydrogen-bond donors (Lipinski definition) is 2. The molecule has 2 N–H and O–H groups in total. The standard InChI is InChI=1S/C6H7NO2/c1-4-2-3-7-6(9)5(4)8/h2-3,8H,1H3,(H,7,9). The lowest BCUT2D eigenvalue weighted by molar-refractivity contribution is 0.462. The number of aryl methyl sites for hydroxylation is 1. The number of aromatic hydroxyl groups is 1. The first kappa shape index (κ1) is 5.88. The molecule has 0 fully saturated rings. The van der Waals surface area contributed by atoms with Crippen molar-refractivity contribution in [2.75, 3.05) is 0 Å². The maximum atomic E-state index is 10.5. The van der Waals surface area contributed by atoms with Crippen LogP contribution in [-0.4, -0.2) is 10.1 Å². The molecule has 48 valence electrons. The monoisotopic (exact) mass is 125 g/mol. The van der Waals surface area contributed by atoms with E-state index in [0.29, 0.717) is 5.56 Å². The molecule has 0 aliphatic carbocycles. The SMILES string of the molecule is Cc1cc[nH]c(=O)c1O. The minimum Gasteiger partial charge on any atom is -0.503 e. The minimum atomic E-state index is -0.435. The minimum absolute atomic E-state index is 0.197. The Morgan fingerprint density at radius 1 is 1.67 bits per heavy atom. The summed E-state index contributed by atoms with van der Waals surface area (Å²) < 4.78 is 0. The van der Waals surface area contributed by atoms with E-state index in [-0.39, 0.29) is 5.75 Å². The summed E-state index contributed by atoms with van der Waals surface area (Å²) in [4.78, 5) is 12.9. The predicted octanol–water partition coefficient (Wildman–Crippen LogP) is 0.389. The molecule has 1 aromatic heterocycles. The van der Waals surface area contributed by atoms with Gasteiger partial charge in [0.25, 0.3) is 5.56 Å². The van der Waals surface area contributed by atoms with Crippen molar-refractivity contribution in [3.8, 4) is 5.75 Å². The topological polar surface area (TPSA) is 53.1 Å². The average Bonchev–Trinajstić information content (AvgIpc) is 1.83. The number of hydrogen-bond acceptors (Lipinski definition) is 2. The lowest BCUT2D eigenvalue weighted by atomic mass is 10.3. The lowest BCUT2D eigenvalue weighted by Crippen LogP contribution is -2.03. The van der Waals surface area contributed by atoms with E-state index < -0.39 is 5.56 Å². The van der Waals surface area contributed by atoms with Crippen molar-refractivity contribution < 1.29 is 5.11 Å². The van der Waals surface area contributed by atoms with Crippen molar-refractivity contribution in [3.63, 3.8) is 0 Å². The molecule has 1 aromatic rings. The van der Waals surface area contributed by atoms with Gasteiger partial charge in [0, 0.05) is 6.20 Å². The van der Waals surface area contributed by atoms with Crippen LogP contribution in [0.1, 0.15) is 5.56 Å². The normalized spacial score (nSPS) is 9.44. The van der Waals surface area contributed by atoms with Crippen LogP contribution in [-0.2, 0) is 0 Å². The van der Waals surface area contributed by atoms with Crippen LogP contribution in [0.3, 0.4) is 0 Å². The zero-order valence-electron chi connectivity index (χ0n) is 5.01. The number of rotatable bonds is 0. The van der Waals surface area contributed by atoms with Crippen molar-refractivity contribution in [1.29, 1.82) is 0 Å². The summed E-state index contributed by atoms with van der Waals surface area (Å²) in [6, 6.07) is 1.64. The van der Waals surface area contributed by atoms with E-state index in [9.17, 15) is 4.79 Å². The van der Waals surface area contributed by atoms with Crippen LogP contribution in [0.2, 0.25) is 0 Å². The highest BCUT2D eigenvalue weighted by Crippen LogP contribution is 2.04. The zero-order chi connectivity index (χ0) is 6.85. The molecule has 3 nitrogen and oxygen atoms in total. The fourth-order valence-electron chi connectivity index (χ4n) is 0.569. The van der Waals surface area contributed by atoms with Gasteiger partial charge < -0.3 is 10.1 Å². The molecule has 0 bridgehead atoms. The molecule has 0 aliphatic rings. The number of nitrogens with one attached hydrogen (secondary N) is 1. The Kier molecular flexibility index (Phi) is 1.26. The van der Waals surface area contributed by atoms with E-state index in [0.717, 1.165) is 0 Å². The Bertz CT molecular complexity index is 264. The second kappa shape index (κ2) is 1.93. The van der Waals surface area contributed by atoms with Crippen LogP contribution in [0.5, 0.6) is 5.75 Å². The van der Waals surface area contributed by atoms with Gasteiger partial charge in [-0.25, -0.2) is 0 Å². The van der Waals surface area contributed by atoms with Crippen molar-refractivity contribution >= 4 is 0 Å². The maximum absolute atomic E-state index is 10.5. The fourth-order valence-corrected chi connectivity index (χ4v) is 0.569. The zero-order valence-corrected chi connectivity index (χ0v) is 5.01. The third-order valence-corrected chi connectivity index (χ3v) is 1.14. The predicted molar refractivity (Wildman–Crippen MR) is 33.5 cm³/mol. The van der Waals surface area contributed by atoms with Gasteiger partial charge in [0.05, 0.1) is 0 Å². The third kappa shape index (κ3) is 0.937. The molecule has 1 heterocycles. The molecular formula is C6H7NO2. The van der Waals surface area contributed by atoms with E-state index in [1.807, 2.05) is 0 Å². The van der Waals surface area contributed by atoms with E-state index in [1.165, 1.54) is 6.20 Å². The second-order valence-corrected chi connectivity index (χ2v) is 1.84. The maximum Gasteiger partial charge on any atom is 0.290 e. The number of aromatic nitrogens is 1. The van der Waals surface area contributed by atoms with Gasteiger partial charge in [-0.3, -0.25) is 4.79 Å². The Hall–Kier alpha value is -1.25. The van der Waals surface area contributed by atoms with Gasteiger partial charge >= 0.3 is 0 Å². The summed E-state index contributed by atoms with van der Waals surface area (Å²) in [5.74, 6) is -0.197. The van der Waals surface area contributed by atoms with Crippen LogP contribution in [0.15, 0.2) is 17.1 Å². The molecule has 0 aromatic carbocycles. The van der Waals surface area contributed by atoms with Gasteiger partial charge in [-0.15, -0.1) is 0 Å². The first-order valence-electron chi connectivity index (χ1n) is 2.59. The molecule has 0 atom stereocenters. The van der Waals surface area contributed by atoms with Crippen molar-refractivity contribution in [2.45, 2.75) is 6.92 Å². The van der Waals surface area contributed by atoms with Gasteiger partial charge in [-0.05, 0) is 18.6 Å². The molecule has 0 unspecified atom stereocenters. The molecule has 0 saturated heterocycles. The van der Waals surface area contributed by atoms with Crippen molar-refractivity contribution in [1.82, 2.24) is 4.98 Å². The number of pyridine rings is 1. The Morgan fingerprint density at radius 2 is 2.33 bits per heavy atom. The Balaban J connectivity index is 3.43. The van der Waals surface area contributed by atoms with Crippen LogP contribution in [0, 0.1) is 6.92 Å². The summed E-state index contributed by atoms with van der Waals surface area (Å²) in [6.07, 6.45) is 1.50. The van der Waals surface area contributed by atoms with Gasteiger partial charge in [0.1, 0.15) is 0 Å². The highest BCUT2D eigenvalue weighted by atomic mass is 16.3. The first-order valence-corrected chi connectivity index (χ1v) is 2.59. The molecular weight excluding hydrogens is 118 g/mol. The largest absolute Gasteiger partial charge is 0.503 e. The molecule has 0 radical (unpaired) electrons. The van der Waals surface area contributed by atoms with E-state index >= 15 is 0 Å². The summed E-state index contributed by atoms with van der Waals surface area (Å²) in [5.41, 5.74) is 0.161. The molecule has 0 aliphatic heterocycles. The lowest BCUT2D eigenvalue weighted by Gasteiger charge is -1.91. The quantitative estimate of drug-likeness (QED) is 0.527. The summed E-state index contributed by atoms with van der Waals surface area (Å²) >= 11 is 0. The van der Waals surface area contributed by atoms with Gasteiger partial charge in [0.2, 0.25) is 0 Å². The van der Waals surface area contributed by atoms with E-state index in [4.69, 9.17) is 5.11 Å².